The predicted molar refractivity (Wildman–Crippen MR) is 65.7 cm³/mol. The predicted octanol–water partition coefficient (Wildman–Crippen LogP) is 0.0543. The molecular formula is C9H16NO7P2+. The van der Waals surface area contributed by atoms with Gasteiger partial charge in [0.1, 0.15) is 0 Å². The molecule has 108 valence electrons. The summed E-state index contributed by atoms with van der Waals surface area (Å²) < 4.78 is 28.8. The van der Waals surface area contributed by atoms with Gasteiger partial charge in [0.05, 0.1) is 6.61 Å². The van der Waals surface area contributed by atoms with Crippen molar-refractivity contribution in [2.75, 3.05) is 6.61 Å². The third-order valence-corrected chi connectivity index (χ3v) is 5.98. The lowest BCUT2D eigenvalue weighted by atomic mass is 10.4. The lowest BCUT2D eigenvalue weighted by molar-refractivity contribution is -0.694. The van der Waals surface area contributed by atoms with Crippen LogP contribution in [0.25, 0.3) is 0 Å². The Morgan fingerprint density at radius 3 is 2.32 bits per heavy atom. The van der Waals surface area contributed by atoms with Crippen LogP contribution in [0.1, 0.15) is 6.92 Å². The van der Waals surface area contributed by atoms with Crippen LogP contribution in [0, 0.1) is 0 Å². The number of nitrogens with zero attached hydrogens (tertiary/aromatic N) is 1. The molecule has 0 aromatic carbocycles. The summed E-state index contributed by atoms with van der Waals surface area (Å²) in [5, 5.41) is -2.07. The van der Waals surface area contributed by atoms with Crippen molar-refractivity contribution in [2.24, 2.45) is 0 Å². The molecule has 0 saturated carbocycles. The second-order valence-corrected chi connectivity index (χ2v) is 7.84. The van der Waals surface area contributed by atoms with Crippen molar-refractivity contribution in [1.82, 2.24) is 0 Å². The monoisotopic (exact) mass is 312 g/mol. The molecule has 0 saturated heterocycles. The number of hydrogen-bond acceptors (Lipinski definition) is 3. The van der Waals surface area contributed by atoms with E-state index in [0.717, 1.165) is 0 Å². The largest absolute Gasteiger partial charge is 0.488 e. The van der Waals surface area contributed by atoms with Crippen LogP contribution < -0.4 is 9.30 Å². The summed E-state index contributed by atoms with van der Waals surface area (Å²) in [4.78, 5) is 36.1. The molecule has 19 heavy (non-hydrogen) atoms. The molecule has 1 rings (SSSR count). The maximum Gasteiger partial charge on any atom is 0.347 e. The van der Waals surface area contributed by atoms with Crippen LogP contribution in [-0.4, -0.2) is 31.6 Å². The highest BCUT2D eigenvalue weighted by Gasteiger charge is 2.46. The van der Waals surface area contributed by atoms with Crippen molar-refractivity contribution >= 4 is 15.2 Å². The van der Waals surface area contributed by atoms with E-state index in [1.165, 1.54) is 17.0 Å². The zero-order valence-electron chi connectivity index (χ0n) is 10.2. The standard InChI is InChI=1S/C9H15NO7P2/c1-2-17-8-4-3-5-10(6-8)7-9(18(11,12)13)19(14,15)16/h3-6,9H,2,7H2,1H3,(H3-,11,12,13,14,15,16)/p+1. The Morgan fingerprint density at radius 1 is 1.26 bits per heavy atom. The minimum absolute atomic E-state index is 0.407. The minimum atomic E-state index is -4.92. The summed E-state index contributed by atoms with van der Waals surface area (Å²) in [5.41, 5.74) is 0. The van der Waals surface area contributed by atoms with Crippen molar-refractivity contribution in [3.8, 4) is 5.75 Å². The van der Waals surface area contributed by atoms with Gasteiger partial charge in [0.25, 0.3) is 0 Å². The molecule has 1 aromatic heterocycles. The third kappa shape index (κ3) is 5.03. The Balaban J connectivity index is 3.01. The highest BCUT2D eigenvalue weighted by molar-refractivity contribution is 7.70. The van der Waals surface area contributed by atoms with Crippen LogP contribution in [0.3, 0.4) is 0 Å². The molecule has 4 N–H and O–H groups in total. The molecule has 0 unspecified atom stereocenters. The van der Waals surface area contributed by atoms with Gasteiger partial charge >= 0.3 is 15.2 Å². The summed E-state index contributed by atoms with van der Waals surface area (Å²) in [6.07, 6.45) is 2.86. The van der Waals surface area contributed by atoms with E-state index in [2.05, 4.69) is 0 Å². The molecule has 0 bridgehead atoms. The van der Waals surface area contributed by atoms with Gasteiger partial charge in [-0.2, -0.15) is 0 Å². The summed E-state index contributed by atoms with van der Waals surface area (Å²) in [6, 6.07) is 3.19. The van der Waals surface area contributed by atoms with E-state index in [1.807, 2.05) is 0 Å². The number of aromatic nitrogens is 1. The van der Waals surface area contributed by atoms with Gasteiger partial charge in [0.2, 0.25) is 11.6 Å². The van der Waals surface area contributed by atoms with Crippen molar-refractivity contribution < 1.29 is 38.0 Å². The van der Waals surface area contributed by atoms with E-state index >= 15 is 0 Å². The van der Waals surface area contributed by atoms with Gasteiger partial charge in [-0.3, -0.25) is 9.13 Å². The summed E-state index contributed by atoms with van der Waals surface area (Å²) >= 11 is 0. The fourth-order valence-electron chi connectivity index (χ4n) is 1.46. The van der Waals surface area contributed by atoms with Gasteiger partial charge in [-0.15, -0.1) is 0 Å². The number of rotatable bonds is 6. The van der Waals surface area contributed by atoms with Crippen molar-refractivity contribution in [2.45, 2.75) is 18.9 Å². The van der Waals surface area contributed by atoms with Gasteiger partial charge in [-0.1, -0.05) is 0 Å². The Hall–Kier alpha value is -0.750. The first-order valence-corrected chi connectivity index (χ1v) is 8.73. The Kier molecular flexibility index (Phi) is 5.26. The van der Waals surface area contributed by atoms with Crippen LogP contribution in [0.15, 0.2) is 24.5 Å². The van der Waals surface area contributed by atoms with E-state index in [1.54, 1.807) is 19.1 Å². The Morgan fingerprint density at radius 2 is 1.84 bits per heavy atom. The van der Waals surface area contributed by atoms with Crippen LogP contribution in [0.5, 0.6) is 5.75 Å². The molecule has 0 spiro atoms. The lowest BCUT2D eigenvalue weighted by Crippen LogP contribution is -2.39. The Bertz CT molecular complexity index is 501. The first-order valence-electron chi connectivity index (χ1n) is 5.37. The van der Waals surface area contributed by atoms with E-state index in [4.69, 9.17) is 24.3 Å². The topological polar surface area (TPSA) is 128 Å². The van der Waals surface area contributed by atoms with E-state index in [-0.39, 0.29) is 0 Å². The molecule has 1 aromatic rings. The van der Waals surface area contributed by atoms with Crippen molar-refractivity contribution in [1.29, 1.82) is 0 Å². The summed E-state index contributed by atoms with van der Waals surface area (Å²) in [7, 11) is -9.84. The minimum Gasteiger partial charge on any atom is -0.488 e. The van der Waals surface area contributed by atoms with Crippen molar-refractivity contribution in [3.05, 3.63) is 24.5 Å². The third-order valence-electron chi connectivity index (χ3n) is 2.29. The van der Waals surface area contributed by atoms with Gasteiger partial charge in [0, 0.05) is 6.07 Å². The summed E-state index contributed by atoms with van der Waals surface area (Å²) in [6.45, 7) is 1.67. The second kappa shape index (κ2) is 6.13. The van der Waals surface area contributed by atoms with Gasteiger partial charge in [0.15, 0.2) is 18.5 Å². The van der Waals surface area contributed by atoms with Crippen LogP contribution >= 0.6 is 15.2 Å². The second-order valence-electron chi connectivity index (χ2n) is 3.83. The molecule has 1 heterocycles. The van der Waals surface area contributed by atoms with Crippen LogP contribution in [0.4, 0.5) is 0 Å². The highest BCUT2D eigenvalue weighted by atomic mass is 31.2. The van der Waals surface area contributed by atoms with E-state index in [0.29, 0.717) is 12.4 Å². The molecule has 0 aliphatic carbocycles. The van der Waals surface area contributed by atoms with Gasteiger partial charge < -0.3 is 24.3 Å². The number of ether oxygens (including phenoxy) is 1. The van der Waals surface area contributed by atoms with Crippen LogP contribution in [0.2, 0.25) is 0 Å². The fraction of sp³-hybridized carbons (Fsp3) is 0.444. The maximum absolute atomic E-state index is 11.2. The average molecular weight is 312 g/mol. The zero-order valence-corrected chi connectivity index (χ0v) is 11.9. The van der Waals surface area contributed by atoms with Crippen molar-refractivity contribution in [3.63, 3.8) is 0 Å². The summed E-state index contributed by atoms with van der Waals surface area (Å²) in [5.74, 6) is 0.445. The SMILES string of the molecule is CCOc1ccc[n+](CC(P(=O)(O)O)P(=O)(O)O)c1. The first-order chi connectivity index (χ1) is 8.64. The number of hydrogen-bond donors (Lipinski definition) is 4. The van der Waals surface area contributed by atoms with E-state index < -0.39 is 27.1 Å². The molecule has 0 aliphatic heterocycles. The lowest BCUT2D eigenvalue weighted by Gasteiger charge is -2.16. The first kappa shape index (κ1) is 16.3. The molecule has 0 atom stereocenters. The molecule has 8 nitrogen and oxygen atoms in total. The van der Waals surface area contributed by atoms with Gasteiger partial charge in [-0.25, -0.2) is 4.57 Å². The molecular weight excluding hydrogens is 296 g/mol. The molecule has 10 heteroatoms. The average Bonchev–Trinajstić information content (AvgIpc) is 2.24. The van der Waals surface area contributed by atoms with Gasteiger partial charge in [-0.05, 0) is 13.0 Å². The normalized spacial score (nSPS) is 12.7. The molecule has 0 fully saturated rings. The van der Waals surface area contributed by atoms with Crippen LogP contribution in [-0.2, 0) is 15.7 Å². The maximum atomic E-state index is 11.2. The molecule has 0 radical (unpaired) electrons. The fourth-order valence-corrected chi connectivity index (χ4v) is 3.83. The molecule has 0 aliphatic rings. The van der Waals surface area contributed by atoms with E-state index in [9.17, 15) is 9.13 Å². The Labute approximate surface area is 110 Å². The zero-order chi connectivity index (χ0) is 14.7. The highest BCUT2D eigenvalue weighted by Crippen LogP contribution is 2.59. The number of pyridine rings is 1. The molecule has 0 amide bonds. The smallest absolute Gasteiger partial charge is 0.347 e. The quantitative estimate of drug-likeness (QED) is 0.432.